The molecular weight excluding hydrogens is 298 g/mol. The van der Waals surface area contributed by atoms with Crippen LogP contribution in [-0.2, 0) is 9.59 Å². The average molecular weight is 323 g/mol. The molecule has 23 heavy (non-hydrogen) atoms. The van der Waals surface area contributed by atoms with E-state index in [-0.39, 0.29) is 0 Å². The van der Waals surface area contributed by atoms with E-state index in [0.29, 0.717) is 6.04 Å². The van der Waals surface area contributed by atoms with E-state index in [9.17, 15) is 0 Å². The van der Waals surface area contributed by atoms with Crippen LogP contribution in [0.25, 0.3) is 0 Å². The van der Waals surface area contributed by atoms with Gasteiger partial charge >= 0.3 is 11.9 Å². The summed E-state index contributed by atoms with van der Waals surface area (Å²) in [4.78, 5) is 18.2. The van der Waals surface area contributed by atoms with Crippen molar-refractivity contribution in [3.63, 3.8) is 0 Å². The second-order valence-electron chi connectivity index (χ2n) is 5.93. The molecular formula is C17H25NO5. The van der Waals surface area contributed by atoms with E-state index in [4.69, 9.17) is 24.5 Å². The van der Waals surface area contributed by atoms with Crippen LogP contribution in [0, 0.1) is 12.8 Å². The second-order valence-corrected chi connectivity index (χ2v) is 5.93. The molecule has 2 rings (SSSR count). The van der Waals surface area contributed by atoms with E-state index in [1.807, 2.05) is 6.07 Å². The fourth-order valence-corrected chi connectivity index (χ4v) is 2.72. The third-order valence-corrected chi connectivity index (χ3v) is 3.83. The number of carbonyl (C=O) groups is 2. The monoisotopic (exact) mass is 323 g/mol. The Morgan fingerprint density at radius 1 is 1.22 bits per heavy atom. The molecule has 3 N–H and O–H groups in total. The molecule has 1 saturated carbocycles. The van der Waals surface area contributed by atoms with Crippen LogP contribution >= 0.6 is 0 Å². The second kappa shape index (κ2) is 9.02. The number of hydrogen-bond acceptors (Lipinski definition) is 4. The minimum absolute atomic E-state index is 0.606. The quantitative estimate of drug-likeness (QED) is 0.740. The summed E-state index contributed by atoms with van der Waals surface area (Å²) < 4.78 is 5.41. The van der Waals surface area contributed by atoms with Gasteiger partial charge in [-0.05, 0) is 43.4 Å². The van der Waals surface area contributed by atoms with Gasteiger partial charge in [-0.2, -0.15) is 0 Å². The molecule has 2 unspecified atom stereocenters. The number of carboxylic acids is 2. The number of anilines is 1. The van der Waals surface area contributed by atoms with Gasteiger partial charge in [-0.25, -0.2) is 9.59 Å². The topological polar surface area (TPSA) is 95.9 Å². The zero-order valence-corrected chi connectivity index (χ0v) is 13.8. The highest BCUT2D eigenvalue weighted by molar-refractivity contribution is 6.27. The van der Waals surface area contributed by atoms with Crippen molar-refractivity contribution in [1.29, 1.82) is 0 Å². The lowest BCUT2D eigenvalue weighted by Crippen LogP contribution is -2.26. The Bertz CT molecular complexity index is 532. The highest BCUT2D eigenvalue weighted by atomic mass is 16.5. The van der Waals surface area contributed by atoms with Gasteiger partial charge in [0.05, 0.1) is 12.8 Å². The summed E-state index contributed by atoms with van der Waals surface area (Å²) in [5.41, 5.74) is 2.42. The first-order chi connectivity index (χ1) is 10.8. The van der Waals surface area contributed by atoms with Gasteiger partial charge in [0.2, 0.25) is 0 Å². The minimum atomic E-state index is -1.82. The zero-order valence-electron chi connectivity index (χ0n) is 13.8. The summed E-state index contributed by atoms with van der Waals surface area (Å²) in [5.74, 6) is -1.85. The van der Waals surface area contributed by atoms with Crippen LogP contribution in [-0.4, -0.2) is 35.3 Å². The predicted octanol–water partition coefficient (Wildman–Crippen LogP) is 3.15. The van der Waals surface area contributed by atoms with Crippen molar-refractivity contribution in [3.05, 3.63) is 23.8 Å². The molecule has 1 aliphatic carbocycles. The zero-order chi connectivity index (χ0) is 17.4. The standard InChI is InChI=1S/C15H23NO.C2H2O4/c1-11-5-4-6-13(9-11)16-14-10-12(2)7-8-15(14)17-3;3-1(4)2(5)6/h7-8,10-11,13,16H,4-6,9H2,1-3H3;(H,3,4)(H,5,6). The smallest absolute Gasteiger partial charge is 0.414 e. The fourth-order valence-electron chi connectivity index (χ4n) is 2.72. The van der Waals surface area contributed by atoms with Crippen LogP contribution in [0.5, 0.6) is 5.75 Å². The first-order valence-electron chi connectivity index (χ1n) is 7.70. The Hall–Kier alpha value is -2.24. The molecule has 128 valence electrons. The van der Waals surface area contributed by atoms with Gasteiger partial charge in [0.1, 0.15) is 5.75 Å². The molecule has 0 aromatic heterocycles. The summed E-state index contributed by atoms with van der Waals surface area (Å²) in [6.45, 7) is 4.47. The molecule has 1 aromatic rings. The molecule has 1 fully saturated rings. The van der Waals surface area contributed by atoms with Crippen LogP contribution in [0.3, 0.4) is 0 Å². The van der Waals surface area contributed by atoms with E-state index in [1.54, 1.807) is 7.11 Å². The van der Waals surface area contributed by atoms with E-state index in [0.717, 1.165) is 17.4 Å². The Morgan fingerprint density at radius 2 is 1.87 bits per heavy atom. The van der Waals surface area contributed by atoms with Crippen LogP contribution in [0.15, 0.2) is 18.2 Å². The number of hydrogen-bond donors (Lipinski definition) is 3. The van der Waals surface area contributed by atoms with E-state index in [2.05, 4.69) is 31.3 Å². The fraction of sp³-hybridized carbons (Fsp3) is 0.529. The molecule has 1 aliphatic rings. The van der Waals surface area contributed by atoms with Gasteiger partial charge in [-0.3, -0.25) is 0 Å². The number of aliphatic carboxylic acids is 2. The van der Waals surface area contributed by atoms with Crippen LogP contribution in [0.4, 0.5) is 5.69 Å². The van der Waals surface area contributed by atoms with E-state index >= 15 is 0 Å². The molecule has 0 spiro atoms. The maximum Gasteiger partial charge on any atom is 0.414 e. The van der Waals surface area contributed by atoms with Crippen LogP contribution < -0.4 is 10.1 Å². The predicted molar refractivity (Wildman–Crippen MR) is 88.0 cm³/mol. The average Bonchev–Trinajstić information content (AvgIpc) is 2.48. The largest absolute Gasteiger partial charge is 0.495 e. The molecule has 0 heterocycles. The Kier molecular flexibility index (Phi) is 7.38. The van der Waals surface area contributed by atoms with Crippen molar-refractivity contribution in [3.8, 4) is 5.75 Å². The maximum absolute atomic E-state index is 9.10. The van der Waals surface area contributed by atoms with Gasteiger partial charge < -0.3 is 20.3 Å². The number of benzene rings is 1. The number of aryl methyl sites for hydroxylation is 1. The summed E-state index contributed by atoms with van der Waals surface area (Å²) in [6.07, 6.45) is 5.27. The lowest BCUT2D eigenvalue weighted by Gasteiger charge is -2.29. The van der Waals surface area contributed by atoms with Crippen LogP contribution in [0.1, 0.15) is 38.2 Å². The molecule has 6 heteroatoms. The van der Waals surface area contributed by atoms with Crippen molar-refractivity contribution in [2.24, 2.45) is 5.92 Å². The lowest BCUT2D eigenvalue weighted by molar-refractivity contribution is -0.159. The van der Waals surface area contributed by atoms with Gasteiger partial charge in [-0.15, -0.1) is 0 Å². The highest BCUT2D eigenvalue weighted by Gasteiger charge is 2.19. The summed E-state index contributed by atoms with van der Waals surface area (Å²) in [7, 11) is 1.74. The summed E-state index contributed by atoms with van der Waals surface area (Å²) in [5, 5.41) is 18.4. The molecule has 0 saturated heterocycles. The number of nitrogens with one attached hydrogen (secondary N) is 1. The van der Waals surface area contributed by atoms with Crippen molar-refractivity contribution in [1.82, 2.24) is 0 Å². The Labute approximate surface area is 136 Å². The molecule has 0 aliphatic heterocycles. The first-order valence-corrected chi connectivity index (χ1v) is 7.70. The number of ether oxygens (including phenoxy) is 1. The SMILES string of the molecule is COc1ccc(C)cc1NC1CCCC(C)C1.O=C(O)C(=O)O. The molecule has 1 aromatic carbocycles. The van der Waals surface area contributed by atoms with Gasteiger partial charge in [-0.1, -0.05) is 25.8 Å². The third-order valence-electron chi connectivity index (χ3n) is 3.83. The number of carboxylic acid groups (broad SMARTS) is 2. The van der Waals surface area contributed by atoms with E-state index < -0.39 is 11.9 Å². The summed E-state index contributed by atoms with van der Waals surface area (Å²) in [6, 6.07) is 6.92. The minimum Gasteiger partial charge on any atom is -0.495 e. The number of rotatable bonds is 3. The van der Waals surface area contributed by atoms with Crippen molar-refractivity contribution >= 4 is 17.6 Å². The van der Waals surface area contributed by atoms with Crippen molar-refractivity contribution in [2.75, 3.05) is 12.4 Å². The Balaban J connectivity index is 0.000000379. The van der Waals surface area contributed by atoms with Gasteiger partial charge in [0.25, 0.3) is 0 Å². The van der Waals surface area contributed by atoms with Crippen molar-refractivity contribution in [2.45, 2.75) is 45.6 Å². The molecule has 0 bridgehead atoms. The van der Waals surface area contributed by atoms with E-state index in [1.165, 1.54) is 31.2 Å². The highest BCUT2D eigenvalue weighted by Crippen LogP contribution is 2.30. The van der Waals surface area contributed by atoms with Crippen molar-refractivity contribution < 1.29 is 24.5 Å². The molecule has 2 atom stereocenters. The Morgan fingerprint density at radius 3 is 2.39 bits per heavy atom. The third kappa shape index (κ3) is 6.59. The van der Waals surface area contributed by atoms with Gasteiger partial charge in [0.15, 0.2) is 0 Å². The molecule has 0 amide bonds. The molecule has 0 radical (unpaired) electrons. The number of methoxy groups -OCH3 is 1. The van der Waals surface area contributed by atoms with Crippen LogP contribution in [0.2, 0.25) is 0 Å². The lowest BCUT2D eigenvalue weighted by atomic mass is 9.87. The maximum atomic E-state index is 9.10. The molecule has 6 nitrogen and oxygen atoms in total. The summed E-state index contributed by atoms with van der Waals surface area (Å²) >= 11 is 0. The first kappa shape index (κ1) is 18.8. The van der Waals surface area contributed by atoms with Gasteiger partial charge in [0, 0.05) is 6.04 Å². The normalized spacial score (nSPS) is 20.0.